The summed E-state index contributed by atoms with van der Waals surface area (Å²) < 4.78 is 0. The van der Waals surface area contributed by atoms with Crippen LogP contribution in [0.4, 0.5) is 5.69 Å². The van der Waals surface area contributed by atoms with Gasteiger partial charge < -0.3 is 5.32 Å². The summed E-state index contributed by atoms with van der Waals surface area (Å²) >= 11 is 0. The number of allylic oxidation sites excluding steroid dienone is 2. The standard InChI is InChI=1S/C27H26N2O3/c1-15-6-5-9-17(12-15)28-25(30)22(13-16-7-3-2-4-8-16)29-26(31)23-18-10-11-19(21-14-20(18)21)24(23)27(29)32/h2-12,18-24H,13-14H2,1H3,(H,28,30)/t18-,19-,20-,21-,22-,23-,24+/m1/s1. The van der Waals surface area contributed by atoms with Gasteiger partial charge in [-0.15, -0.1) is 0 Å². The number of hydrogen-bond donors (Lipinski definition) is 1. The zero-order chi connectivity index (χ0) is 22.0. The molecule has 7 rings (SSSR count). The summed E-state index contributed by atoms with van der Waals surface area (Å²) in [6.07, 6.45) is 5.75. The highest BCUT2D eigenvalue weighted by atomic mass is 16.2. The van der Waals surface area contributed by atoms with Crippen LogP contribution < -0.4 is 5.32 Å². The Hall–Kier alpha value is -3.21. The first-order valence-corrected chi connectivity index (χ1v) is 11.5. The zero-order valence-corrected chi connectivity index (χ0v) is 18.0. The summed E-state index contributed by atoms with van der Waals surface area (Å²) in [4.78, 5) is 42.1. The summed E-state index contributed by atoms with van der Waals surface area (Å²) in [6, 6.07) is 16.3. The molecule has 0 unspecified atom stereocenters. The molecule has 5 heteroatoms. The molecule has 5 nitrogen and oxygen atoms in total. The van der Waals surface area contributed by atoms with Crippen LogP contribution in [-0.4, -0.2) is 28.7 Å². The molecule has 5 aliphatic rings. The van der Waals surface area contributed by atoms with Crippen molar-refractivity contribution in [3.05, 3.63) is 77.9 Å². The quantitative estimate of drug-likeness (QED) is 0.587. The Morgan fingerprint density at radius 3 is 2.25 bits per heavy atom. The van der Waals surface area contributed by atoms with Crippen LogP contribution in [0.15, 0.2) is 66.7 Å². The Labute approximate surface area is 187 Å². The topological polar surface area (TPSA) is 66.5 Å². The number of benzene rings is 2. The maximum absolute atomic E-state index is 13.6. The van der Waals surface area contributed by atoms with E-state index in [0.717, 1.165) is 17.5 Å². The molecule has 0 radical (unpaired) electrons. The molecule has 3 amide bonds. The van der Waals surface area contributed by atoms with E-state index in [2.05, 4.69) is 17.5 Å². The van der Waals surface area contributed by atoms with E-state index in [1.54, 1.807) is 0 Å². The van der Waals surface area contributed by atoms with Crippen molar-refractivity contribution in [1.82, 2.24) is 4.90 Å². The first-order valence-electron chi connectivity index (χ1n) is 11.5. The van der Waals surface area contributed by atoms with Crippen LogP contribution >= 0.6 is 0 Å². The van der Waals surface area contributed by atoms with Gasteiger partial charge in [0.25, 0.3) is 0 Å². The van der Waals surface area contributed by atoms with Crippen molar-refractivity contribution in [3.63, 3.8) is 0 Å². The van der Waals surface area contributed by atoms with Crippen molar-refractivity contribution in [2.45, 2.75) is 25.8 Å². The van der Waals surface area contributed by atoms with Gasteiger partial charge >= 0.3 is 0 Å². The highest BCUT2D eigenvalue weighted by Crippen LogP contribution is 2.65. The number of likely N-dealkylation sites (tertiary alicyclic amines) is 1. The number of anilines is 1. The summed E-state index contributed by atoms with van der Waals surface area (Å²) in [5, 5.41) is 2.96. The molecule has 2 saturated carbocycles. The molecule has 2 aromatic rings. The van der Waals surface area contributed by atoms with E-state index in [4.69, 9.17) is 0 Å². The molecule has 1 aliphatic heterocycles. The Morgan fingerprint density at radius 2 is 1.62 bits per heavy atom. The fourth-order valence-corrected chi connectivity index (χ4v) is 6.37. The van der Waals surface area contributed by atoms with Crippen LogP contribution in [-0.2, 0) is 20.8 Å². The number of carbonyl (C=O) groups is 3. The predicted octanol–water partition coefficient (Wildman–Crippen LogP) is 3.60. The van der Waals surface area contributed by atoms with E-state index in [9.17, 15) is 14.4 Å². The number of imide groups is 1. The number of hydrogen-bond acceptors (Lipinski definition) is 3. The summed E-state index contributed by atoms with van der Waals surface area (Å²) in [7, 11) is 0. The van der Waals surface area contributed by atoms with E-state index in [0.29, 0.717) is 23.9 Å². The molecule has 3 fully saturated rings. The molecule has 2 aromatic carbocycles. The summed E-state index contributed by atoms with van der Waals surface area (Å²) in [6.45, 7) is 1.96. The second-order valence-corrected chi connectivity index (χ2v) is 9.77. The highest BCUT2D eigenvalue weighted by molar-refractivity contribution is 6.10. The van der Waals surface area contributed by atoms with Crippen molar-refractivity contribution in [3.8, 4) is 0 Å². The SMILES string of the molecule is Cc1cccc(NC(=O)[C@@H](Cc2ccccc2)N2C(=O)[C@@H]3[C@@H]4C=C[C@H]([C@H]5C[C@H]45)[C@@H]3C2=O)c1. The van der Waals surface area contributed by atoms with E-state index < -0.39 is 6.04 Å². The molecule has 32 heavy (non-hydrogen) atoms. The van der Waals surface area contributed by atoms with Gasteiger partial charge in [-0.3, -0.25) is 19.3 Å². The van der Waals surface area contributed by atoms with Crippen LogP contribution in [0.3, 0.4) is 0 Å². The van der Waals surface area contributed by atoms with Crippen LogP contribution in [0.2, 0.25) is 0 Å². The molecule has 4 aliphatic carbocycles. The van der Waals surface area contributed by atoms with E-state index in [1.165, 1.54) is 4.90 Å². The maximum Gasteiger partial charge on any atom is 0.248 e. The first kappa shape index (κ1) is 19.5. The number of aryl methyl sites for hydroxylation is 1. The van der Waals surface area contributed by atoms with Gasteiger partial charge in [0.1, 0.15) is 6.04 Å². The average molecular weight is 427 g/mol. The van der Waals surface area contributed by atoms with Crippen molar-refractivity contribution in [2.24, 2.45) is 35.5 Å². The van der Waals surface area contributed by atoms with Gasteiger partial charge in [0.2, 0.25) is 17.7 Å². The smallest absolute Gasteiger partial charge is 0.248 e. The highest BCUT2D eigenvalue weighted by Gasteiger charge is 2.67. The van der Waals surface area contributed by atoms with Gasteiger partial charge in [0, 0.05) is 12.1 Å². The Bertz CT molecular complexity index is 1100. The number of amides is 3. The third-order valence-corrected chi connectivity index (χ3v) is 7.87. The maximum atomic E-state index is 13.6. The van der Waals surface area contributed by atoms with Gasteiger partial charge in [-0.1, -0.05) is 54.6 Å². The predicted molar refractivity (Wildman–Crippen MR) is 120 cm³/mol. The lowest BCUT2D eigenvalue weighted by atomic mass is 9.63. The normalized spacial score (nSPS) is 32.5. The minimum atomic E-state index is -0.862. The van der Waals surface area contributed by atoms with Crippen molar-refractivity contribution < 1.29 is 14.4 Å². The van der Waals surface area contributed by atoms with Crippen molar-refractivity contribution >= 4 is 23.4 Å². The summed E-state index contributed by atoms with van der Waals surface area (Å²) in [5.41, 5.74) is 2.63. The fraction of sp³-hybridized carbons (Fsp3) is 0.370. The van der Waals surface area contributed by atoms with E-state index in [-0.39, 0.29) is 41.4 Å². The van der Waals surface area contributed by atoms with Gasteiger partial charge in [-0.25, -0.2) is 0 Å². The van der Waals surface area contributed by atoms with Crippen LogP contribution in [0.5, 0.6) is 0 Å². The Kier molecular flexibility index (Phi) is 4.36. The number of carbonyl (C=O) groups excluding carboxylic acids is 3. The average Bonchev–Trinajstić information content (AvgIpc) is 3.57. The largest absolute Gasteiger partial charge is 0.324 e. The lowest BCUT2D eigenvalue weighted by Crippen LogP contribution is -2.49. The second-order valence-electron chi connectivity index (χ2n) is 9.77. The van der Waals surface area contributed by atoms with Crippen molar-refractivity contribution in [2.75, 3.05) is 5.32 Å². The second kappa shape index (κ2) is 7.16. The van der Waals surface area contributed by atoms with Crippen LogP contribution in [0, 0.1) is 42.4 Å². The van der Waals surface area contributed by atoms with E-state index >= 15 is 0 Å². The minimum Gasteiger partial charge on any atom is -0.324 e. The van der Waals surface area contributed by atoms with E-state index in [1.807, 2.05) is 61.5 Å². The van der Waals surface area contributed by atoms with Crippen LogP contribution in [0.25, 0.3) is 0 Å². The fourth-order valence-electron chi connectivity index (χ4n) is 6.37. The van der Waals surface area contributed by atoms with Gasteiger partial charge in [-0.2, -0.15) is 0 Å². The van der Waals surface area contributed by atoms with Crippen LogP contribution in [0.1, 0.15) is 17.5 Å². The van der Waals surface area contributed by atoms with Gasteiger partial charge in [0.15, 0.2) is 0 Å². The Morgan fingerprint density at radius 1 is 0.969 bits per heavy atom. The summed E-state index contributed by atoms with van der Waals surface area (Å²) in [5.74, 6) is 0.133. The third kappa shape index (κ3) is 2.94. The number of nitrogens with one attached hydrogen (secondary N) is 1. The molecule has 1 N–H and O–H groups in total. The monoisotopic (exact) mass is 426 g/mol. The molecular formula is C27H26N2O3. The van der Waals surface area contributed by atoms with Gasteiger partial charge in [0.05, 0.1) is 11.8 Å². The Balaban J connectivity index is 1.33. The lowest BCUT2D eigenvalue weighted by molar-refractivity contribution is -0.146. The lowest BCUT2D eigenvalue weighted by Gasteiger charge is -2.37. The molecule has 162 valence electrons. The molecular weight excluding hydrogens is 400 g/mol. The zero-order valence-electron chi connectivity index (χ0n) is 18.0. The minimum absolute atomic E-state index is 0.147. The molecule has 7 atom stereocenters. The number of rotatable bonds is 5. The third-order valence-electron chi connectivity index (χ3n) is 7.87. The van der Waals surface area contributed by atoms with Gasteiger partial charge in [-0.05, 0) is 60.3 Å². The molecule has 1 heterocycles. The number of nitrogens with zero attached hydrogens (tertiary/aromatic N) is 1. The molecule has 0 aromatic heterocycles. The molecule has 1 saturated heterocycles. The molecule has 0 spiro atoms. The molecule has 2 bridgehead atoms. The first-order chi connectivity index (χ1) is 15.5. The van der Waals surface area contributed by atoms with Crippen molar-refractivity contribution in [1.29, 1.82) is 0 Å².